The second kappa shape index (κ2) is 7.96. The molecule has 1 aromatic heterocycles. The van der Waals surface area contributed by atoms with Crippen LogP contribution in [0.2, 0.25) is 0 Å². The van der Waals surface area contributed by atoms with Crippen molar-refractivity contribution in [2.45, 2.75) is 17.3 Å². The van der Waals surface area contributed by atoms with Crippen LogP contribution < -0.4 is 10.1 Å². The van der Waals surface area contributed by atoms with Gasteiger partial charge < -0.3 is 10.1 Å². The Morgan fingerprint density at radius 1 is 1.19 bits per heavy atom. The van der Waals surface area contributed by atoms with Crippen molar-refractivity contribution in [2.75, 3.05) is 12.4 Å². The Kier molecular flexibility index (Phi) is 5.47. The molecule has 0 unspecified atom stereocenters. The van der Waals surface area contributed by atoms with Crippen molar-refractivity contribution in [1.82, 2.24) is 20.2 Å². The van der Waals surface area contributed by atoms with Crippen molar-refractivity contribution < 1.29 is 13.9 Å². The normalized spacial score (nSPS) is 11.8. The molecule has 134 valence electrons. The molecule has 1 heterocycles. The standard InChI is InChI=1S/C17H16FN5O2S/c1-11(16(24)19-13-5-3-12(18)4-6-13)26-17-20-21-22-23(17)14-7-9-15(25-2)10-8-14/h3-11H,1-2H3,(H,19,24)/t11-/m1/s1. The molecule has 2 aromatic carbocycles. The van der Waals surface area contributed by atoms with Gasteiger partial charge in [-0.25, -0.2) is 4.39 Å². The zero-order valence-electron chi connectivity index (χ0n) is 14.1. The zero-order valence-corrected chi connectivity index (χ0v) is 14.9. The van der Waals surface area contributed by atoms with Gasteiger partial charge in [0.25, 0.3) is 0 Å². The van der Waals surface area contributed by atoms with E-state index in [2.05, 4.69) is 20.8 Å². The fourth-order valence-corrected chi connectivity index (χ4v) is 2.93. The van der Waals surface area contributed by atoms with E-state index in [9.17, 15) is 9.18 Å². The van der Waals surface area contributed by atoms with E-state index in [-0.39, 0.29) is 11.7 Å². The predicted octanol–water partition coefficient (Wildman–Crippen LogP) is 2.93. The quantitative estimate of drug-likeness (QED) is 0.669. The van der Waals surface area contributed by atoms with E-state index in [1.807, 2.05) is 12.1 Å². The van der Waals surface area contributed by atoms with Gasteiger partial charge in [0.2, 0.25) is 11.1 Å². The van der Waals surface area contributed by atoms with Crippen molar-refractivity contribution in [2.24, 2.45) is 0 Å². The smallest absolute Gasteiger partial charge is 0.237 e. The number of amides is 1. The molecule has 0 fully saturated rings. The highest BCUT2D eigenvalue weighted by molar-refractivity contribution is 8.00. The molecule has 0 aliphatic rings. The number of nitrogens with zero attached hydrogens (tertiary/aromatic N) is 4. The number of benzene rings is 2. The summed E-state index contributed by atoms with van der Waals surface area (Å²) < 4.78 is 19.6. The first-order chi connectivity index (χ1) is 12.6. The highest BCUT2D eigenvalue weighted by atomic mass is 32.2. The number of carbonyl (C=O) groups excluding carboxylic acids is 1. The van der Waals surface area contributed by atoms with E-state index in [1.54, 1.807) is 30.8 Å². The van der Waals surface area contributed by atoms with Gasteiger partial charge in [-0.1, -0.05) is 11.8 Å². The Hall–Kier alpha value is -2.94. The molecule has 1 N–H and O–H groups in total. The molecule has 3 rings (SSSR count). The van der Waals surface area contributed by atoms with Crippen LogP contribution in [0.5, 0.6) is 5.75 Å². The number of tetrazole rings is 1. The number of aromatic nitrogens is 4. The molecule has 0 radical (unpaired) electrons. The van der Waals surface area contributed by atoms with Gasteiger partial charge in [0.05, 0.1) is 18.0 Å². The number of thioether (sulfide) groups is 1. The summed E-state index contributed by atoms with van der Waals surface area (Å²) in [6.45, 7) is 1.75. The Labute approximate surface area is 153 Å². The number of nitrogens with one attached hydrogen (secondary N) is 1. The third-order valence-corrected chi connectivity index (χ3v) is 4.55. The van der Waals surface area contributed by atoms with Crippen LogP contribution in [0.1, 0.15) is 6.92 Å². The molecule has 0 saturated carbocycles. The number of halogens is 1. The second-order valence-electron chi connectivity index (χ2n) is 5.33. The summed E-state index contributed by atoms with van der Waals surface area (Å²) in [6.07, 6.45) is 0. The van der Waals surface area contributed by atoms with Crippen LogP contribution in [0.3, 0.4) is 0 Å². The van der Waals surface area contributed by atoms with Gasteiger partial charge in [0, 0.05) is 5.69 Å². The van der Waals surface area contributed by atoms with Crippen molar-refractivity contribution >= 4 is 23.4 Å². The first kappa shape index (κ1) is 17.9. The molecule has 0 spiro atoms. The van der Waals surface area contributed by atoms with E-state index in [0.717, 1.165) is 11.4 Å². The predicted molar refractivity (Wildman–Crippen MR) is 96.1 cm³/mol. The zero-order chi connectivity index (χ0) is 18.5. The van der Waals surface area contributed by atoms with E-state index < -0.39 is 5.25 Å². The summed E-state index contributed by atoms with van der Waals surface area (Å²) in [5.74, 6) is 0.137. The largest absolute Gasteiger partial charge is 0.497 e. The minimum atomic E-state index is -0.456. The average Bonchev–Trinajstić information content (AvgIpc) is 3.11. The monoisotopic (exact) mass is 373 g/mol. The third-order valence-electron chi connectivity index (χ3n) is 3.52. The Balaban J connectivity index is 1.69. The lowest BCUT2D eigenvalue weighted by atomic mass is 10.3. The van der Waals surface area contributed by atoms with E-state index in [1.165, 1.54) is 36.0 Å². The summed E-state index contributed by atoms with van der Waals surface area (Å²) >= 11 is 1.22. The van der Waals surface area contributed by atoms with Gasteiger partial charge in [0.15, 0.2) is 0 Å². The van der Waals surface area contributed by atoms with Crippen LogP contribution >= 0.6 is 11.8 Å². The maximum Gasteiger partial charge on any atom is 0.237 e. The topological polar surface area (TPSA) is 81.9 Å². The number of carbonyl (C=O) groups is 1. The molecule has 0 aliphatic carbocycles. The lowest BCUT2D eigenvalue weighted by molar-refractivity contribution is -0.115. The van der Waals surface area contributed by atoms with Gasteiger partial charge >= 0.3 is 0 Å². The maximum absolute atomic E-state index is 12.9. The first-order valence-corrected chi connectivity index (χ1v) is 8.60. The number of rotatable bonds is 6. The molecular formula is C17H16FN5O2S. The maximum atomic E-state index is 12.9. The number of methoxy groups -OCH3 is 1. The summed E-state index contributed by atoms with van der Waals surface area (Å²) in [4.78, 5) is 12.3. The average molecular weight is 373 g/mol. The summed E-state index contributed by atoms with van der Waals surface area (Å²) in [5.41, 5.74) is 1.28. The molecule has 7 nitrogen and oxygen atoms in total. The highest BCUT2D eigenvalue weighted by Crippen LogP contribution is 2.24. The third kappa shape index (κ3) is 4.17. The number of anilines is 1. The van der Waals surface area contributed by atoms with Gasteiger partial charge in [-0.05, 0) is 65.9 Å². The van der Waals surface area contributed by atoms with Crippen LogP contribution in [0.15, 0.2) is 53.7 Å². The van der Waals surface area contributed by atoms with Gasteiger partial charge in [-0.2, -0.15) is 4.68 Å². The van der Waals surface area contributed by atoms with Crippen molar-refractivity contribution in [1.29, 1.82) is 0 Å². The lowest BCUT2D eigenvalue weighted by Crippen LogP contribution is -2.22. The van der Waals surface area contributed by atoms with Crippen LogP contribution in [-0.2, 0) is 4.79 Å². The van der Waals surface area contributed by atoms with E-state index in [4.69, 9.17) is 4.74 Å². The fourth-order valence-electron chi connectivity index (χ4n) is 2.13. The number of hydrogen-bond donors (Lipinski definition) is 1. The molecule has 1 amide bonds. The molecule has 0 aliphatic heterocycles. The van der Waals surface area contributed by atoms with Crippen LogP contribution in [0.4, 0.5) is 10.1 Å². The van der Waals surface area contributed by atoms with Crippen molar-refractivity contribution in [3.8, 4) is 11.4 Å². The molecule has 26 heavy (non-hydrogen) atoms. The molecule has 0 bridgehead atoms. The van der Waals surface area contributed by atoms with Crippen molar-refractivity contribution in [3.05, 3.63) is 54.3 Å². The summed E-state index contributed by atoms with van der Waals surface area (Å²) in [6, 6.07) is 12.8. The Morgan fingerprint density at radius 3 is 2.54 bits per heavy atom. The molecule has 9 heteroatoms. The van der Waals surface area contributed by atoms with E-state index in [0.29, 0.717) is 10.8 Å². The molecule has 3 aromatic rings. The molecular weight excluding hydrogens is 357 g/mol. The van der Waals surface area contributed by atoms with Gasteiger partial charge in [0.1, 0.15) is 11.6 Å². The number of ether oxygens (including phenoxy) is 1. The minimum Gasteiger partial charge on any atom is -0.497 e. The van der Waals surface area contributed by atoms with Crippen LogP contribution in [-0.4, -0.2) is 38.5 Å². The van der Waals surface area contributed by atoms with Crippen molar-refractivity contribution in [3.63, 3.8) is 0 Å². The lowest BCUT2D eigenvalue weighted by Gasteiger charge is -2.12. The summed E-state index contributed by atoms with van der Waals surface area (Å²) in [7, 11) is 1.59. The highest BCUT2D eigenvalue weighted by Gasteiger charge is 2.19. The van der Waals surface area contributed by atoms with Gasteiger partial charge in [-0.3, -0.25) is 4.79 Å². The Morgan fingerprint density at radius 2 is 1.88 bits per heavy atom. The fraction of sp³-hybridized carbons (Fsp3) is 0.176. The van der Waals surface area contributed by atoms with Crippen LogP contribution in [0, 0.1) is 5.82 Å². The number of hydrogen-bond acceptors (Lipinski definition) is 6. The first-order valence-electron chi connectivity index (χ1n) is 7.72. The summed E-state index contributed by atoms with van der Waals surface area (Å²) in [5, 5.41) is 14.4. The van der Waals surface area contributed by atoms with Crippen LogP contribution in [0.25, 0.3) is 5.69 Å². The Bertz CT molecular complexity index is 883. The molecule has 1 atom stereocenters. The second-order valence-corrected chi connectivity index (χ2v) is 6.64. The molecule has 0 saturated heterocycles. The van der Waals surface area contributed by atoms with Gasteiger partial charge in [-0.15, -0.1) is 5.10 Å². The SMILES string of the molecule is COc1ccc(-n2nnnc2S[C@H](C)C(=O)Nc2ccc(F)cc2)cc1. The van der Waals surface area contributed by atoms with E-state index >= 15 is 0 Å². The minimum absolute atomic E-state index is 0.231.